The van der Waals surface area contributed by atoms with E-state index in [1.807, 2.05) is 6.07 Å². The van der Waals surface area contributed by atoms with Gasteiger partial charge in [0.1, 0.15) is 5.75 Å². The van der Waals surface area contributed by atoms with Gasteiger partial charge in [0.2, 0.25) is 0 Å². The first-order chi connectivity index (χ1) is 8.44. The van der Waals surface area contributed by atoms with Crippen molar-refractivity contribution < 1.29 is 9.47 Å². The Kier molecular flexibility index (Phi) is 3.39. The molecule has 1 aromatic carbocycles. The number of hydrogen-bond donors (Lipinski definition) is 1. The van der Waals surface area contributed by atoms with Crippen molar-refractivity contribution in [2.75, 3.05) is 20.3 Å². The quantitative estimate of drug-likeness (QED) is 0.890. The fourth-order valence-corrected chi connectivity index (χ4v) is 2.53. The lowest BCUT2D eigenvalue weighted by atomic mass is 9.65. The summed E-state index contributed by atoms with van der Waals surface area (Å²) in [7, 11) is 1.71. The van der Waals surface area contributed by atoms with Crippen molar-refractivity contribution in [2.45, 2.75) is 38.1 Å². The highest BCUT2D eigenvalue weighted by Gasteiger charge is 2.51. The number of ether oxygens (including phenoxy) is 2. The molecular weight excluding hydrogens is 226 g/mol. The molecule has 1 aliphatic heterocycles. The Morgan fingerprint density at radius 1 is 1.39 bits per heavy atom. The van der Waals surface area contributed by atoms with Crippen LogP contribution in [0.1, 0.15) is 31.9 Å². The average Bonchev–Trinajstić information content (AvgIpc) is 2.25. The number of hydrogen-bond acceptors (Lipinski definition) is 3. The normalized spacial score (nSPS) is 18.3. The minimum absolute atomic E-state index is 0.135. The number of aryl methyl sites for hydroxylation is 1. The van der Waals surface area contributed by atoms with E-state index in [4.69, 9.17) is 15.2 Å². The standard InChI is InChI=1S/C15H23NO2/c1-5-11-6-7-13(17-4)12(8-11)15(9-18-10-15)14(2,3)16/h6-8H,5,9-10,16H2,1-4H3. The maximum Gasteiger partial charge on any atom is 0.122 e. The maximum absolute atomic E-state index is 6.39. The molecule has 0 bridgehead atoms. The van der Waals surface area contributed by atoms with Crippen molar-refractivity contribution in [3.63, 3.8) is 0 Å². The lowest BCUT2D eigenvalue weighted by Crippen LogP contribution is -2.64. The molecule has 1 aromatic rings. The summed E-state index contributed by atoms with van der Waals surface area (Å²) in [4.78, 5) is 0. The van der Waals surface area contributed by atoms with Gasteiger partial charge in [-0.2, -0.15) is 0 Å². The van der Waals surface area contributed by atoms with Crippen molar-refractivity contribution in [2.24, 2.45) is 5.73 Å². The smallest absolute Gasteiger partial charge is 0.122 e. The van der Waals surface area contributed by atoms with Crippen LogP contribution in [0.25, 0.3) is 0 Å². The average molecular weight is 249 g/mol. The van der Waals surface area contributed by atoms with Crippen LogP contribution in [-0.4, -0.2) is 25.9 Å². The third kappa shape index (κ3) is 1.91. The number of benzene rings is 1. The van der Waals surface area contributed by atoms with E-state index >= 15 is 0 Å². The Labute approximate surface area is 109 Å². The van der Waals surface area contributed by atoms with Gasteiger partial charge in [0.05, 0.1) is 25.7 Å². The minimum atomic E-state index is -0.328. The molecule has 0 spiro atoms. The van der Waals surface area contributed by atoms with Crippen LogP contribution in [0.2, 0.25) is 0 Å². The van der Waals surface area contributed by atoms with Gasteiger partial charge in [-0.05, 0) is 31.9 Å². The summed E-state index contributed by atoms with van der Waals surface area (Å²) in [6.45, 7) is 7.62. The first kappa shape index (κ1) is 13.4. The van der Waals surface area contributed by atoms with Crippen molar-refractivity contribution in [3.8, 4) is 5.75 Å². The molecule has 0 radical (unpaired) electrons. The summed E-state index contributed by atoms with van der Waals surface area (Å²) in [5, 5.41) is 0. The zero-order valence-corrected chi connectivity index (χ0v) is 11.7. The van der Waals surface area contributed by atoms with Crippen LogP contribution in [0.5, 0.6) is 5.75 Å². The van der Waals surface area contributed by atoms with Gasteiger partial charge >= 0.3 is 0 Å². The second-order valence-corrected chi connectivity index (χ2v) is 5.68. The molecule has 2 rings (SSSR count). The van der Waals surface area contributed by atoms with Crippen LogP contribution in [0.3, 0.4) is 0 Å². The highest BCUT2D eigenvalue weighted by atomic mass is 16.5. The van der Waals surface area contributed by atoms with E-state index in [9.17, 15) is 0 Å². The second-order valence-electron chi connectivity index (χ2n) is 5.68. The molecule has 0 aliphatic carbocycles. The van der Waals surface area contributed by atoms with Gasteiger partial charge in [0.15, 0.2) is 0 Å². The van der Waals surface area contributed by atoms with Gasteiger partial charge in [-0.3, -0.25) is 0 Å². The van der Waals surface area contributed by atoms with Crippen LogP contribution >= 0.6 is 0 Å². The summed E-state index contributed by atoms with van der Waals surface area (Å²) >= 11 is 0. The Morgan fingerprint density at radius 3 is 2.44 bits per heavy atom. The molecule has 0 saturated carbocycles. The summed E-state index contributed by atoms with van der Waals surface area (Å²) in [6, 6.07) is 6.37. The minimum Gasteiger partial charge on any atom is -0.496 e. The molecule has 1 fully saturated rings. The van der Waals surface area contributed by atoms with Crippen LogP contribution in [-0.2, 0) is 16.6 Å². The number of nitrogens with two attached hydrogens (primary N) is 1. The Balaban J connectivity index is 2.54. The van der Waals surface area contributed by atoms with Gasteiger partial charge < -0.3 is 15.2 Å². The molecule has 18 heavy (non-hydrogen) atoms. The summed E-state index contributed by atoms with van der Waals surface area (Å²) in [5.41, 5.74) is 8.41. The molecular formula is C15H23NO2. The molecule has 1 aliphatic rings. The molecule has 1 heterocycles. The van der Waals surface area contributed by atoms with E-state index in [1.54, 1.807) is 7.11 Å². The van der Waals surface area contributed by atoms with Crippen LogP contribution < -0.4 is 10.5 Å². The van der Waals surface area contributed by atoms with Gasteiger partial charge in [0.25, 0.3) is 0 Å². The number of methoxy groups -OCH3 is 1. The summed E-state index contributed by atoms with van der Waals surface area (Å²) in [6.07, 6.45) is 1.01. The third-order valence-corrected chi connectivity index (χ3v) is 4.12. The lowest BCUT2D eigenvalue weighted by Gasteiger charge is -2.51. The van der Waals surface area contributed by atoms with E-state index < -0.39 is 0 Å². The maximum atomic E-state index is 6.39. The van der Waals surface area contributed by atoms with Crippen LogP contribution in [0, 0.1) is 0 Å². The van der Waals surface area contributed by atoms with Crippen molar-refractivity contribution in [1.29, 1.82) is 0 Å². The van der Waals surface area contributed by atoms with Crippen molar-refractivity contribution in [1.82, 2.24) is 0 Å². The van der Waals surface area contributed by atoms with Gasteiger partial charge in [-0.1, -0.05) is 19.1 Å². The van der Waals surface area contributed by atoms with Crippen LogP contribution in [0.15, 0.2) is 18.2 Å². The molecule has 0 unspecified atom stereocenters. The first-order valence-corrected chi connectivity index (χ1v) is 6.48. The molecule has 3 heteroatoms. The highest BCUT2D eigenvalue weighted by Crippen LogP contribution is 2.44. The molecule has 100 valence electrons. The monoisotopic (exact) mass is 249 g/mol. The second kappa shape index (κ2) is 4.56. The predicted octanol–water partition coefficient (Wildman–Crippen LogP) is 2.26. The Morgan fingerprint density at radius 2 is 2.06 bits per heavy atom. The first-order valence-electron chi connectivity index (χ1n) is 6.48. The largest absolute Gasteiger partial charge is 0.496 e. The fraction of sp³-hybridized carbons (Fsp3) is 0.600. The van der Waals surface area contributed by atoms with E-state index in [0.29, 0.717) is 13.2 Å². The third-order valence-electron chi connectivity index (χ3n) is 4.12. The van der Waals surface area contributed by atoms with Gasteiger partial charge in [-0.15, -0.1) is 0 Å². The fourth-order valence-electron chi connectivity index (χ4n) is 2.53. The zero-order valence-electron chi connectivity index (χ0n) is 11.7. The van der Waals surface area contributed by atoms with E-state index in [2.05, 4.69) is 32.9 Å². The zero-order chi connectivity index (χ0) is 13.4. The lowest BCUT2D eigenvalue weighted by molar-refractivity contribution is -0.0927. The van der Waals surface area contributed by atoms with E-state index in [1.165, 1.54) is 11.1 Å². The molecule has 1 saturated heterocycles. The molecule has 0 aromatic heterocycles. The van der Waals surface area contributed by atoms with E-state index in [0.717, 1.165) is 12.2 Å². The molecule has 2 N–H and O–H groups in total. The topological polar surface area (TPSA) is 44.5 Å². The molecule has 3 nitrogen and oxygen atoms in total. The van der Waals surface area contributed by atoms with Gasteiger partial charge in [-0.25, -0.2) is 0 Å². The molecule has 0 amide bonds. The Hall–Kier alpha value is -1.06. The number of rotatable bonds is 4. The van der Waals surface area contributed by atoms with Gasteiger partial charge in [0, 0.05) is 11.1 Å². The van der Waals surface area contributed by atoms with E-state index in [-0.39, 0.29) is 11.0 Å². The SMILES string of the molecule is CCc1ccc(OC)c(C2(C(C)(C)N)COC2)c1. The van der Waals surface area contributed by atoms with Crippen LogP contribution in [0.4, 0.5) is 0 Å². The Bertz CT molecular complexity index is 431. The summed E-state index contributed by atoms with van der Waals surface area (Å²) < 4.78 is 11.0. The van der Waals surface area contributed by atoms with Crippen molar-refractivity contribution >= 4 is 0 Å². The molecule has 0 atom stereocenters. The summed E-state index contributed by atoms with van der Waals surface area (Å²) in [5.74, 6) is 0.911. The highest BCUT2D eigenvalue weighted by molar-refractivity contribution is 5.46. The van der Waals surface area contributed by atoms with Crippen molar-refractivity contribution in [3.05, 3.63) is 29.3 Å². The predicted molar refractivity (Wildman–Crippen MR) is 73.1 cm³/mol.